The summed E-state index contributed by atoms with van der Waals surface area (Å²) in [6.07, 6.45) is 2.44. The summed E-state index contributed by atoms with van der Waals surface area (Å²) in [5, 5.41) is 10.2. The number of hydrogen-bond donors (Lipinski definition) is 2. The van der Waals surface area contributed by atoms with Crippen molar-refractivity contribution >= 4 is 21.6 Å². The first-order chi connectivity index (χ1) is 7.68. The molecule has 3 nitrogen and oxygen atoms in total. The van der Waals surface area contributed by atoms with E-state index in [1.54, 1.807) is 18.5 Å². The highest BCUT2D eigenvalue weighted by molar-refractivity contribution is 9.10. The highest BCUT2D eigenvalue weighted by Gasteiger charge is 2.13. The molecule has 0 radical (unpaired) electrons. The van der Waals surface area contributed by atoms with E-state index >= 15 is 0 Å². The van der Waals surface area contributed by atoms with Crippen LogP contribution in [0.3, 0.4) is 0 Å². The zero-order chi connectivity index (χ0) is 11.5. The lowest BCUT2D eigenvalue weighted by Crippen LogP contribution is -2.04. The standard InChI is InChI=1S/C12H11BrN2O/c13-9-3-1-2-8(6-9)12(16)10-7-15-5-4-11(10)14/h1-7,12,16H,(H2,14,15). The summed E-state index contributed by atoms with van der Waals surface area (Å²) in [5.74, 6) is 0. The highest BCUT2D eigenvalue weighted by atomic mass is 79.9. The van der Waals surface area contributed by atoms with Gasteiger partial charge in [0, 0.05) is 28.1 Å². The average Bonchev–Trinajstić information content (AvgIpc) is 2.29. The lowest BCUT2D eigenvalue weighted by molar-refractivity contribution is 0.220. The molecule has 0 bridgehead atoms. The van der Waals surface area contributed by atoms with Crippen LogP contribution in [0, 0.1) is 0 Å². The smallest absolute Gasteiger partial charge is 0.108 e. The molecular formula is C12H11BrN2O. The number of nitrogens with zero attached hydrogens (tertiary/aromatic N) is 1. The summed E-state index contributed by atoms with van der Waals surface area (Å²) < 4.78 is 0.923. The Labute approximate surface area is 102 Å². The van der Waals surface area contributed by atoms with Gasteiger partial charge in [0.05, 0.1) is 0 Å². The van der Waals surface area contributed by atoms with Crippen molar-refractivity contribution in [3.63, 3.8) is 0 Å². The molecule has 1 heterocycles. The molecule has 2 aromatic rings. The maximum absolute atomic E-state index is 10.2. The van der Waals surface area contributed by atoms with E-state index in [0.29, 0.717) is 11.3 Å². The molecule has 0 aliphatic heterocycles. The van der Waals surface area contributed by atoms with Crippen LogP contribution in [0.25, 0.3) is 0 Å². The second-order valence-corrected chi connectivity index (χ2v) is 4.38. The van der Waals surface area contributed by atoms with E-state index in [1.165, 1.54) is 0 Å². The van der Waals surface area contributed by atoms with Crippen molar-refractivity contribution < 1.29 is 5.11 Å². The summed E-state index contributed by atoms with van der Waals surface area (Å²) in [4.78, 5) is 3.96. The molecule has 0 amide bonds. The molecule has 1 aromatic heterocycles. The van der Waals surface area contributed by atoms with Crippen LogP contribution >= 0.6 is 15.9 Å². The number of halogens is 1. The zero-order valence-electron chi connectivity index (χ0n) is 8.47. The lowest BCUT2D eigenvalue weighted by atomic mass is 10.0. The minimum absolute atomic E-state index is 0.544. The van der Waals surface area contributed by atoms with Crippen molar-refractivity contribution in [3.05, 3.63) is 58.3 Å². The largest absolute Gasteiger partial charge is 0.398 e. The Kier molecular flexibility index (Phi) is 3.22. The molecule has 0 spiro atoms. The molecule has 3 N–H and O–H groups in total. The van der Waals surface area contributed by atoms with Gasteiger partial charge in [-0.15, -0.1) is 0 Å². The third-order valence-electron chi connectivity index (χ3n) is 2.35. The lowest BCUT2D eigenvalue weighted by Gasteiger charge is -2.13. The van der Waals surface area contributed by atoms with Gasteiger partial charge in [-0.2, -0.15) is 0 Å². The number of nitrogens with two attached hydrogens (primary N) is 1. The zero-order valence-corrected chi connectivity index (χ0v) is 10.1. The van der Waals surface area contributed by atoms with Crippen LogP contribution in [0.4, 0.5) is 5.69 Å². The molecule has 0 saturated heterocycles. The molecular weight excluding hydrogens is 268 g/mol. The number of anilines is 1. The minimum atomic E-state index is -0.744. The van der Waals surface area contributed by atoms with Crippen molar-refractivity contribution in [2.24, 2.45) is 0 Å². The van der Waals surface area contributed by atoms with Crippen molar-refractivity contribution in [3.8, 4) is 0 Å². The number of benzene rings is 1. The first kappa shape index (κ1) is 11.1. The molecule has 2 rings (SSSR count). The topological polar surface area (TPSA) is 59.1 Å². The van der Waals surface area contributed by atoms with Crippen molar-refractivity contribution in [2.75, 3.05) is 5.73 Å². The SMILES string of the molecule is Nc1ccncc1C(O)c1cccc(Br)c1. The normalized spacial score (nSPS) is 12.4. The van der Waals surface area contributed by atoms with E-state index in [2.05, 4.69) is 20.9 Å². The first-order valence-corrected chi connectivity index (χ1v) is 5.60. The van der Waals surface area contributed by atoms with Crippen molar-refractivity contribution in [2.45, 2.75) is 6.10 Å². The van der Waals surface area contributed by atoms with E-state index in [0.717, 1.165) is 10.0 Å². The first-order valence-electron chi connectivity index (χ1n) is 4.81. The third kappa shape index (κ3) is 2.23. The van der Waals surface area contributed by atoms with Crippen LogP contribution in [0.2, 0.25) is 0 Å². The Hall–Kier alpha value is -1.39. The summed E-state index contributed by atoms with van der Waals surface area (Å²) in [6, 6.07) is 9.16. The van der Waals surface area contributed by atoms with Gasteiger partial charge in [0.2, 0.25) is 0 Å². The fraction of sp³-hybridized carbons (Fsp3) is 0.0833. The number of aromatic nitrogens is 1. The minimum Gasteiger partial charge on any atom is -0.398 e. The van der Waals surface area contributed by atoms with Crippen LogP contribution < -0.4 is 5.73 Å². The molecule has 1 unspecified atom stereocenters. The van der Waals surface area contributed by atoms with Crippen molar-refractivity contribution in [1.29, 1.82) is 0 Å². The van der Waals surface area contributed by atoms with Crippen LogP contribution in [-0.2, 0) is 0 Å². The molecule has 82 valence electrons. The maximum Gasteiger partial charge on any atom is 0.108 e. The van der Waals surface area contributed by atoms with Crippen LogP contribution in [0.5, 0.6) is 0 Å². The monoisotopic (exact) mass is 278 g/mol. The molecule has 0 aliphatic rings. The van der Waals surface area contributed by atoms with Gasteiger partial charge >= 0.3 is 0 Å². The molecule has 0 fully saturated rings. The van der Waals surface area contributed by atoms with Crippen molar-refractivity contribution in [1.82, 2.24) is 4.98 Å². The average molecular weight is 279 g/mol. The Bertz CT molecular complexity index is 502. The van der Waals surface area contributed by atoms with E-state index in [-0.39, 0.29) is 0 Å². The number of hydrogen-bond acceptors (Lipinski definition) is 3. The van der Waals surface area contributed by atoms with Gasteiger partial charge in [-0.3, -0.25) is 4.98 Å². The molecule has 16 heavy (non-hydrogen) atoms. The predicted molar refractivity (Wildman–Crippen MR) is 66.9 cm³/mol. The fourth-order valence-electron chi connectivity index (χ4n) is 1.50. The van der Waals surface area contributed by atoms with E-state index in [9.17, 15) is 5.11 Å². The Morgan fingerprint density at radius 3 is 2.81 bits per heavy atom. The second kappa shape index (κ2) is 4.63. The molecule has 0 aliphatic carbocycles. The van der Waals surface area contributed by atoms with Gasteiger partial charge in [-0.25, -0.2) is 0 Å². The fourth-order valence-corrected chi connectivity index (χ4v) is 1.92. The maximum atomic E-state index is 10.2. The van der Waals surface area contributed by atoms with Gasteiger partial charge in [-0.1, -0.05) is 28.1 Å². The number of aliphatic hydroxyl groups excluding tert-OH is 1. The number of nitrogen functional groups attached to an aromatic ring is 1. The van der Waals surface area contributed by atoms with Gasteiger partial charge in [0.15, 0.2) is 0 Å². The van der Waals surface area contributed by atoms with E-state index in [4.69, 9.17) is 5.73 Å². The van der Waals surface area contributed by atoms with Crippen LogP contribution in [-0.4, -0.2) is 10.1 Å². The van der Waals surface area contributed by atoms with Gasteiger partial charge in [0.1, 0.15) is 6.10 Å². The highest BCUT2D eigenvalue weighted by Crippen LogP contribution is 2.27. The Morgan fingerprint density at radius 1 is 1.31 bits per heavy atom. The second-order valence-electron chi connectivity index (χ2n) is 3.46. The van der Waals surface area contributed by atoms with Gasteiger partial charge < -0.3 is 10.8 Å². The molecule has 1 atom stereocenters. The summed E-state index contributed by atoms with van der Waals surface area (Å²) in [6.45, 7) is 0. The number of rotatable bonds is 2. The van der Waals surface area contributed by atoms with Gasteiger partial charge in [-0.05, 0) is 23.8 Å². The summed E-state index contributed by atoms with van der Waals surface area (Å²) >= 11 is 3.36. The van der Waals surface area contributed by atoms with E-state index in [1.807, 2.05) is 24.3 Å². The van der Waals surface area contributed by atoms with Crippen LogP contribution in [0.1, 0.15) is 17.2 Å². The summed E-state index contributed by atoms with van der Waals surface area (Å²) in [5.41, 5.74) is 7.74. The summed E-state index contributed by atoms with van der Waals surface area (Å²) in [7, 11) is 0. The van der Waals surface area contributed by atoms with E-state index < -0.39 is 6.10 Å². The molecule has 4 heteroatoms. The predicted octanol–water partition coefficient (Wildman–Crippen LogP) is 2.51. The molecule has 0 saturated carbocycles. The third-order valence-corrected chi connectivity index (χ3v) is 2.84. The number of pyridine rings is 1. The quantitative estimate of drug-likeness (QED) is 0.888. The Balaban J connectivity index is 2.39. The Morgan fingerprint density at radius 2 is 2.12 bits per heavy atom. The van der Waals surface area contributed by atoms with Gasteiger partial charge in [0.25, 0.3) is 0 Å². The van der Waals surface area contributed by atoms with Crippen LogP contribution in [0.15, 0.2) is 47.2 Å². The number of aliphatic hydroxyl groups is 1. The molecule has 1 aromatic carbocycles.